The maximum absolute atomic E-state index is 13.7. The number of piperidine rings is 1. The fraction of sp³-hybridized carbons (Fsp3) is 0.741. The third kappa shape index (κ3) is 8.55. The van der Waals surface area contributed by atoms with E-state index in [9.17, 15) is 14.4 Å². The van der Waals surface area contributed by atoms with Crippen LogP contribution in [-0.2, 0) is 23.8 Å². The van der Waals surface area contributed by atoms with Gasteiger partial charge in [0.25, 0.3) is 0 Å². The summed E-state index contributed by atoms with van der Waals surface area (Å²) in [5, 5.41) is 3.45. The maximum atomic E-state index is 13.7. The molecule has 2 aliphatic rings. The van der Waals surface area contributed by atoms with E-state index >= 15 is 0 Å². The molecule has 0 spiro atoms. The Balaban J connectivity index is 2.17. The van der Waals surface area contributed by atoms with Crippen molar-refractivity contribution in [3.8, 4) is 0 Å². The smallest absolute Gasteiger partial charge is 0.422 e. The summed E-state index contributed by atoms with van der Waals surface area (Å²) in [5.74, 6) is -0.0775. The van der Waals surface area contributed by atoms with Crippen LogP contribution in [0.3, 0.4) is 0 Å². The molecule has 10 nitrogen and oxygen atoms in total. The zero-order valence-corrected chi connectivity index (χ0v) is 23.3. The Kier molecular flexibility index (Phi) is 11.1. The molecule has 0 aromatic heterocycles. The lowest BCUT2D eigenvalue weighted by Crippen LogP contribution is -2.61. The van der Waals surface area contributed by atoms with Crippen LogP contribution in [0, 0.1) is 17.3 Å². The topological polar surface area (TPSA) is 118 Å². The number of nitrogens with zero attached hydrogens (tertiary/aromatic N) is 1. The van der Waals surface area contributed by atoms with Gasteiger partial charge in [0.05, 0.1) is 26.5 Å². The van der Waals surface area contributed by atoms with E-state index < -0.39 is 23.8 Å². The molecule has 0 unspecified atom stereocenters. The highest BCUT2D eigenvalue weighted by atomic mass is 16.6. The predicted molar refractivity (Wildman–Crippen MR) is 141 cm³/mol. The van der Waals surface area contributed by atoms with Crippen LogP contribution in [0.4, 0.5) is 4.79 Å². The Morgan fingerprint density at radius 3 is 2.43 bits per heavy atom. The maximum Gasteiger partial charge on any atom is 0.422 e. The molecular formula is C27H46N4O6. The lowest BCUT2D eigenvalue weighted by atomic mass is 10.0. The summed E-state index contributed by atoms with van der Waals surface area (Å²) in [4.78, 5) is 40.3. The Morgan fingerprint density at radius 2 is 1.84 bits per heavy atom. The van der Waals surface area contributed by atoms with Gasteiger partial charge in [0.2, 0.25) is 5.91 Å². The molecule has 1 heterocycles. The molecular weight excluding hydrogens is 476 g/mol. The van der Waals surface area contributed by atoms with E-state index in [-0.39, 0.29) is 42.6 Å². The summed E-state index contributed by atoms with van der Waals surface area (Å²) in [6.07, 6.45) is 5.64. The highest BCUT2D eigenvalue weighted by molar-refractivity contribution is 5.83. The summed E-state index contributed by atoms with van der Waals surface area (Å²) >= 11 is 0. The molecule has 210 valence electrons. The molecule has 1 saturated carbocycles. The second kappa shape index (κ2) is 13.4. The number of hydrogen-bond donors (Lipinski definition) is 3. The molecule has 2 amide bonds. The van der Waals surface area contributed by atoms with E-state index in [1.165, 1.54) is 7.11 Å². The molecule has 3 N–H and O–H groups in total. The van der Waals surface area contributed by atoms with Gasteiger partial charge >= 0.3 is 12.1 Å². The van der Waals surface area contributed by atoms with Crippen LogP contribution in [0.2, 0.25) is 0 Å². The number of nitrogens with one attached hydrogen (secondary N) is 3. The lowest BCUT2D eigenvalue weighted by molar-refractivity contribution is -0.146. The monoisotopic (exact) mass is 522 g/mol. The summed E-state index contributed by atoms with van der Waals surface area (Å²) in [6, 6.07) is -1.39. The largest absolute Gasteiger partial charge is 0.468 e. The Labute approximate surface area is 221 Å². The Morgan fingerprint density at radius 1 is 1.14 bits per heavy atom. The first-order valence-electron chi connectivity index (χ1n) is 13.1. The van der Waals surface area contributed by atoms with Crippen LogP contribution in [0.1, 0.15) is 60.3 Å². The van der Waals surface area contributed by atoms with Crippen LogP contribution in [0.5, 0.6) is 0 Å². The summed E-state index contributed by atoms with van der Waals surface area (Å²) < 4.78 is 15.9. The highest BCUT2D eigenvalue weighted by Gasteiger charge is 2.68. The average Bonchev–Trinajstić information content (AvgIpc) is 3.14. The molecule has 0 radical (unpaired) electrons. The fourth-order valence-corrected chi connectivity index (χ4v) is 5.05. The van der Waals surface area contributed by atoms with E-state index in [1.807, 2.05) is 6.08 Å². The first-order valence-corrected chi connectivity index (χ1v) is 13.1. The van der Waals surface area contributed by atoms with Gasteiger partial charge in [-0.15, -0.1) is 13.2 Å². The second-order valence-electron chi connectivity index (χ2n) is 11.4. The van der Waals surface area contributed by atoms with Gasteiger partial charge in [-0.1, -0.05) is 32.4 Å². The third-order valence-electron chi connectivity index (χ3n) is 7.07. The summed E-state index contributed by atoms with van der Waals surface area (Å²) in [5.41, 5.74) is 4.61. The minimum absolute atomic E-state index is 0.0184. The van der Waals surface area contributed by atoms with Gasteiger partial charge in [0.1, 0.15) is 17.7 Å². The van der Waals surface area contributed by atoms with Crippen molar-refractivity contribution < 1.29 is 28.6 Å². The normalized spacial score (nSPS) is 23.4. The van der Waals surface area contributed by atoms with E-state index in [0.717, 1.165) is 19.3 Å². The number of ether oxygens (including phenoxy) is 3. The molecule has 37 heavy (non-hydrogen) atoms. The number of allylic oxidation sites excluding steroid dienone is 1. The standard InChI is InChI=1S/C27H46N4O6/c1-9-11-12-13-14-19(24(33)35-8)28-22-21-18(27(21,6)7)16-31(22)23(32)20(17-36-15-10-2)29-30-25(34)37-26(3,4)5/h9-10,18-22,28-29H,1-2,11-17H2,3-8H3,(H,30,34)/t18-,19-,20-,21-,22-/m0/s1. The van der Waals surface area contributed by atoms with Crippen molar-refractivity contribution in [1.82, 2.24) is 21.1 Å². The number of hydrazine groups is 1. The van der Waals surface area contributed by atoms with Gasteiger partial charge in [-0.3, -0.25) is 20.3 Å². The average molecular weight is 523 g/mol. The number of amides is 2. The van der Waals surface area contributed by atoms with Gasteiger partial charge in [0.15, 0.2) is 0 Å². The number of methoxy groups -OCH3 is 1. The predicted octanol–water partition coefficient (Wildman–Crippen LogP) is 2.91. The van der Waals surface area contributed by atoms with Gasteiger partial charge in [-0.25, -0.2) is 10.2 Å². The number of hydrogen-bond acceptors (Lipinski definition) is 8. The molecule has 2 fully saturated rings. The molecule has 5 atom stereocenters. The Bertz CT molecular complexity index is 824. The zero-order valence-electron chi connectivity index (χ0n) is 23.3. The van der Waals surface area contributed by atoms with Gasteiger partial charge in [-0.05, 0) is 51.4 Å². The van der Waals surface area contributed by atoms with Crippen molar-refractivity contribution in [2.75, 3.05) is 26.9 Å². The van der Waals surface area contributed by atoms with Crippen molar-refractivity contribution in [2.45, 2.75) is 84.2 Å². The van der Waals surface area contributed by atoms with E-state index in [1.54, 1.807) is 31.7 Å². The van der Waals surface area contributed by atoms with Crippen LogP contribution in [0.15, 0.2) is 25.3 Å². The molecule has 0 bridgehead atoms. The van der Waals surface area contributed by atoms with Crippen LogP contribution >= 0.6 is 0 Å². The molecule has 10 heteroatoms. The van der Waals surface area contributed by atoms with Crippen molar-refractivity contribution >= 4 is 18.0 Å². The van der Waals surface area contributed by atoms with Crippen molar-refractivity contribution in [1.29, 1.82) is 0 Å². The SMILES string of the molecule is C=CCCCC[C@H](N[C@@H]1[C@@H]2[C@H](CN1C(=O)[C@H](COCC=C)NNC(=O)OC(C)(C)C)C2(C)C)C(=O)OC. The number of esters is 1. The molecule has 2 rings (SSSR count). The van der Waals surface area contributed by atoms with Crippen molar-refractivity contribution in [3.63, 3.8) is 0 Å². The minimum atomic E-state index is -0.860. The van der Waals surface area contributed by atoms with Gasteiger partial charge in [-0.2, -0.15) is 0 Å². The van der Waals surface area contributed by atoms with Crippen molar-refractivity contribution in [3.05, 3.63) is 25.3 Å². The number of carbonyl (C=O) groups is 3. The summed E-state index contributed by atoms with van der Waals surface area (Å²) in [6.45, 7) is 17.9. The fourth-order valence-electron chi connectivity index (χ4n) is 5.05. The number of carbonyl (C=O) groups excluding carboxylic acids is 3. The van der Waals surface area contributed by atoms with Crippen molar-refractivity contribution in [2.24, 2.45) is 17.3 Å². The second-order valence-corrected chi connectivity index (χ2v) is 11.4. The zero-order chi connectivity index (χ0) is 27.8. The van der Waals surface area contributed by atoms with Crippen LogP contribution in [-0.4, -0.2) is 73.6 Å². The first kappa shape index (κ1) is 30.8. The van der Waals surface area contributed by atoms with E-state index in [0.29, 0.717) is 18.9 Å². The highest BCUT2D eigenvalue weighted by Crippen LogP contribution is 2.64. The summed E-state index contributed by atoms with van der Waals surface area (Å²) in [7, 11) is 1.38. The molecule has 0 aromatic carbocycles. The number of fused-ring (bicyclic) bond motifs is 1. The molecule has 1 saturated heterocycles. The van der Waals surface area contributed by atoms with Gasteiger partial charge < -0.3 is 19.1 Å². The molecule has 1 aliphatic heterocycles. The third-order valence-corrected chi connectivity index (χ3v) is 7.07. The quantitative estimate of drug-likeness (QED) is 0.130. The lowest BCUT2D eigenvalue weighted by Gasteiger charge is -2.36. The van der Waals surface area contributed by atoms with Gasteiger partial charge in [0, 0.05) is 12.5 Å². The number of unbranched alkanes of at least 4 members (excludes halogenated alkanes) is 2. The minimum Gasteiger partial charge on any atom is -0.468 e. The van der Waals surface area contributed by atoms with E-state index in [2.05, 4.69) is 43.2 Å². The first-order chi connectivity index (χ1) is 17.4. The number of rotatable bonds is 15. The molecule has 1 aliphatic carbocycles. The molecule has 0 aromatic rings. The Hall–Kier alpha value is -2.43. The van der Waals surface area contributed by atoms with Crippen LogP contribution < -0.4 is 16.2 Å². The van der Waals surface area contributed by atoms with E-state index in [4.69, 9.17) is 14.2 Å². The van der Waals surface area contributed by atoms with Crippen LogP contribution in [0.25, 0.3) is 0 Å². The number of likely N-dealkylation sites (tertiary alicyclic amines) is 1.